The summed E-state index contributed by atoms with van der Waals surface area (Å²) in [6, 6.07) is 0.676. The Morgan fingerprint density at radius 3 is 2.65 bits per heavy atom. The van der Waals surface area contributed by atoms with Crippen LogP contribution in [0.2, 0.25) is 0 Å². The highest BCUT2D eigenvalue weighted by atomic mass is 16.5. The van der Waals surface area contributed by atoms with Gasteiger partial charge in [0.15, 0.2) is 0 Å². The Balaban J connectivity index is 1.80. The van der Waals surface area contributed by atoms with E-state index >= 15 is 0 Å². The first-order valence-corrected chi connectivity index (χ1v) is 7.31. The quantitative estimate of drug-likeness (QED) is 0.794. The number of rotatable bonds is 5. The Morgan fingerprint density at radius 1 is 1.24 bits per heavy atom. The summed E-state index contributed by atoms with van der Waals surface area (Å²) in [4.78, 5) is 2.67. The van der Waals surface area contributed by atoms with E-state index in [1.807, 2.05) is 0 Å². The first-order chi connectivity index (χ1) is 8.28. The number of hydrogen-bond acceptors (Lipinski definition) is 3. The molecule has 2 rings (SSSR count). The van der Waals surface area contributed by atoms with E-state index in [1.54, 1.807) is 0 Å². The molecule has 0 aromatic heterocycles. The summed E-state index contributed by atoms with van der Waals surface area (Å²) in [6.45, 7) is 11.4. The van der Waals surface area contributed by atoms with Gasteiger partial charge in [0.2, 0.25) is 0 Å². The topological polar surface area (TPSA) is 24.5 Å². The molecule has 1 spiro atoms. The smallest absolute Gasteiger partial charge is 0.0471 e. The van der Waals surface area contributed by atoms with Gasteiger partial charge in [-0.25, -0.2) is 0 Å². The molecule has 0 aromatic carbocycles. The molecule has 100 valence electrons. The number of nitrogens with zero attached hydrogens (tertiary/aromatic N) is 1. The van der Waals surface area contributed by atoms with Crippen molar-refractivity contribution in [1.29, 1.82) is 0 Å². The molecular weight excluding hydrogens is 212 g/mol. The van der Waals surface area contributed by atoms with Crippen LogP contribution in [0.3, 0.4) is 0 Å². The summed E-state index contributed by atoms with van der Waals surface area (Å²) in [5.41, 5.74) is 0.600. The van der Waals surface area contributed by atoms with Crippen LogP contribution < -0.4 is 5.32 Å². The molecule has 0 aliphatic carbocycles. The van der Waals surface area contributed by atoms with Gasteiger partial charge in [0, 0.05) is 32.3 Å². The maximum absolute atomic E-state index is 5.50. The zero-order valence-corrected chi connectivity index (χ0v) is 11.5. The lowest BCUT2D eigenvalue weighted by molar-refractivity contribution is 0.0190. The van der Waals surface area contributed by atoms with Gasteiger partial charge in [-0.1, -0.05) is 13.8 Å². The fourth-order valence-electron chi connectivity index (χ4n) is 3.33. The minimum absolute atomic E-state index is 0.600. The van der Waals surface area contributed by atoms with Crippen LogP contribution in [0.4, 0.5) is 0 Å². The van der Waals surface area contributed by atoms with Crippen molar-refractivity contribution >= 4 is 0 Å². The van der Waals surface area contributed by atoms with Gasteiger partial charge < -0.3 is 15.0 Å². The van der Waals surface area contributed by atoms with Crippen molar-refractivity contribution in [2.45, 2.75) is 45.6 Å². The van der Waals surface area contributed by atoms with Gasteiger partial charge in [0.25, 0.3) is 0 Å². The second-order valence-corrected chi connectivity index (χ2v) is 5.76. The van der Waals surface area contributed by atoms with Crippen molar-refractivity contribution < 1.29 is 4.74 Å². The number of likely N-dealkylation sites (N-methyl/N-ethyl adjacent to an activating group) is 1. The standard InChI is InChI=1S/C14H28N2O/c1-3-13(15-4-2)11-16-8-5-14(12-16)6-9-17-10-7-14/h13,15H,3-12H2,1-2H3. The van der Waals surface area contributed by atoms with E-state index in [2.05, 4.69) is 24.1 Å². The normalized spacial score (nSPS) is 26.5. The minimum atomic E-state index is 0.600. The monoisotopic (exact) mass is 240 g/mol. The number of ether oxygens (including phenoxy) is 1. The largest absolute Gasteiger partial charge is 0.381 e. The van der Waals surface area contributed by atoms with Crippen molar-refractivity contribution in [3.8, 4) is 0 Å². The van der Waals surface area contributed by atoms with Crippen LogP contribution in [-0.4, -0.2) is 50.3 Å². The number of hydrogen-bond donors (Lipinski definition) is 1. The van der Waals surface area contributed by atoms with Crippen LogP contribution >= 0.6 is 0 Å². The van der Waals surface area contributed by atoms with E-state index in [0.717, 1.165) is 19.8 Å². The zero-order chi connectivity index (χ0) is 12.1. The molecule has 0 bridgehead atoms. The average molecular weight is 240 g/mol. The van der Waals surface area contributed by atoms with E-state index in [4.69, 9.17) is 4.74 Å². The lowest BCUT2D eigenvalue weighted by Gasteiger charge is -2.33. The average Bonchev–Trinajstić information content (AvgIpc) is 2.72. The summed E-state index contributed by atoms with van der Waals surface area (Å²) in [6.07, 6.45) is 5.18. The molecule has 2 saturated heterocycles. The Morgan fingerprint density at radius 2 is 2.00 bits per heavy atom. The van der Waals surface area contributed by atoms with Gasteiger partial charge in [-0.2, -0.15) is 0 Å². The molecule has 17 heavy (non-hydrogen) atoms. The second-order valence-electron chi connectivity index (χ2n) is 5.76. The molecule has 3 nitrogen and oxygen atoms in total. The Labute approximate surface area is 106 Å². The third-order valence-electron chi connectivity index (χ3n) is 4.54. The van der Waals surface area contributed by atoms with Crippen LogP contribution in [-0.2, 0) is 4.74 Å². The minimum Gasteiger partial charge on any atom is -0.381 e. The molecule has 0 radical (unpaired) electrons. The van der Waals surface area contributed by atoms with E-state index in [1.165, 1.54) is 45.3 Å². The molecule has 0 amide bonds. The fraction of sp³-hybridized carbons (Fsp3) is 1.00. The van der Waals surface area contributed by atoms with Crippen LogP contribution in [0.1, 0.15) is 39.5 Å². The highest BCUT2D eigenvalue weighted by molar-refractivity contribution is 4.92. The molecule has 1 unspecified atom stereocenters. The third-order valence-corrected chi connectivity index (χ3v) is 4.54. The van der Waals surface area contributed by atoms with Crippen molar-refractivity contribution in [2.24, 2.45) is 5.41 Å². The zero-order valence-electron chi connectivity index (χ0n) is 11.5. The molecule has 2 aliphatic rings. The predicted molar refractivity (Wildman–Crippen MR) is 71.3 cm³/mol. The van der Waals surface area contributed by atoms with Crippen LogP contribution in [0.15, 0.2) is 0 Å². The summed E-state index contributed by atoms with van der Waals surface area (Å²) in [7, 11) is 0. The third kappa shape index (κ3) is 3.43. The van der Waals surface area contributed by atoms with Gasteiger partial charge in [-0.3, -0.25) is 0 Å². The second kappa shape index (κ2) is 6.17. The lowest BCUT2D eigenvalue weighted by Crippen LogP contribution is -2.41. The molecular formula is C14H28N2O. The van der Waals surface area contributed by atoms with Gasteiger partial charge in [-0.15, -0.1) is 0 Å². The Kier molecular flexibility index (Phi) is 4.83. The molecule has 1 N–H and O–H groups in total. The lowest BCUT2D eigenvalue weighted by atomic mass is 9.80. The van der Waals surface area contributed by atoms with Crippen molar-refractivity contribution in [3.63, 3.8) is 0 Å². The van der Waals surface area contributed by atoms with E-state index in [-0.39, 0.29) is 0 Å². The van der Waals surface area contributed by atoms with Gasteiger partial charge >= 0.3 is 0 Å². The summed E-state index contributed by atoms with van der Waals surface area (Å²) < 4.78 is 5.50. The molecule has 1 atom stereocenters. The maximum atomic E-state index is 5.50. The van der Waals surface area contributed by atoms with Crippen LogP contribution in [0.25, 0.3) is 0 Å². The molecule has 0 aromatic rings. The predicted octanol–water partition coefficient (Wildman–Crippen LogP) is 1.88. The Hall–Kier alpha value is -0.120. The maximum Gasteiger partial charge on any atom is 0.0471 e. The van der Waals surface area contributed by atoms with Crippen molar-refractivity contribution in [2.75, 3.05) is 39.4 Å². The SMILES string of the molecule is CCNC(CC)CN1CCC2(CCOCC2)C1. The first kappa shape index (κ1) is 13.3. The molecule has 2 fully saturated rings. The summed E-state index contributed by atoms with van der Waals surface area (Å²) >= 11 is 0. The van der Waals surface area contributed by atoms with E-state index < -0.39 is 0 Å². The molecule has 3 heteroatoms. The first-order valence-electron chi connectivity index (χ1n) is 7.31. The van der Waals surface area contributed by atoms with Crippen molar-refractivity contribution in [3.05, 3.63) is 0 Å². The van der Waals surface area contributed by atoms with Crippen LogP contribution in [0, 0.1) is 5.41 Å². The summed E-state index contributed by atoms with van der Waals surface area (Å²) in [5, 5.41) is 3.58. The summed E-state index contributed by atoms with van der Waals surface area (Å²) in [5.74, 6) is 0. The molecule has 2 heterocycles. The van der Waals surface area contributed by atoms with Gasteiger partial charge in [-0.05, 0) is 44.2 Å². The van der Waals surface area contributed by atoms with E-state index in [9.17, 15) is 0 Å². The fourth-order valence-corrected chi connectivity index (χ4v) is 3.33. The Bertz CT molecular complexity index is 226. The molecule has 0 saturated carbocycles. The highest BCUT2D eigenvalue weighted by Crippen LogP contribution is 2.39. The van der Waals surface area contributed by atoms with Crippen molar-refractivity contribution in [1.82, 2.24) is 10.2 Å². The van der Waals surface area contributed by atoms with Gasteiger partial charge in [0.05, 0.1) is 0 Å². The van der Waals surface area contributed by atoms with Gasteiger partial charge in [0.1, 0.15) is 0 Å². The highest BCUT2D eigenvalue weighted by Gasteiger charge is 2.39. The molecule has 2 aliphatic heterocycles. The van der Waals surface area contributed by atoms with Crippen LogP contribution in [0.5, 0.6) is 0 Å². The van der Waals surface area contributed by atoms with E-state index in [0.29, 0.717) is 11.5 Å². The number of nitrogens with one attached hydrogen (secondary N) is 1. The number of likely N-dealkylation sites (tertiary alicyclic amines) is 1.